The van der Waals surface area contributed by atoms with Crippen LogP contribution in [0.25, 0.3) is 0 Å². The molecule has 0 aromatic heterocycles. The van der Waals surface area contributed by atoms with Crippen LogP contribution in [0.5, 0.6) is 11.5 Å². The summed E-state index contributed by atoms with van der Waals surface area (Å²) < 4.78 is 69.1. The largest absolute Gasteiger partial charge is 0.493 e. The van der Waals surface area contributed by atoms with Gasteiger partial charge in [0.15, 0.2) is 5.54 Å². The fraction of sp³-hybridized carbons (Fsp3) is 0.533. The first kappa shape index (κ1) is 33.0. The second kappa shape index (κ2) is 13.2. The topological polar surface area (TPSA) is 108 Å². The molecule has 2 aromatic carbocycles. The van der Waals surface area contributed by atoms with E-state index in [1.54, 1.807) is 63.2 Å². The number of nitrogens with one attached hydrogen (secondary N) is 1. The van der Waals surface area contributed by atoms with Crippen LogP contribution in [0.2, 0.25) is 0 Å². The minimum atomic E-state index is -3.28. The molecule has 3 rings (SSSR count). The molecule has 1 aliphatic rings. The molecule has 8 nitrogen and oxygen atoms in total. The van der Waals surface area contributed by atoms with Crippen LogP contribution < -0.4 is 14.8 Å². The summed E-state index contributed by atoms with van der Waals surface area (Å²) in [6.45, 7) is 6.47. The first-order valence-electron chi connectivity index (χ1n) is 13.9. The number of aliphatic hydroxyl groups is 1. The third-order valence-electron chi connectivity index (χ3n) is 7.26. The Labute approximate surface area is 242 Å². The molecule has 1 saturated carbocycles. The van der Waals surface area contributed by atoms with E-state index in [1.165, 1.54) is 6.92 Å². The lowest BCUT2D eigenvalue weighted by Gasteiger charge is -2.45. The maximum atomic E-state index is 15.1. The van der Waals surface area contributed by atoms with Crippen LogP contribution >= 0.6 is 0 Å². The number of aliphatic hydroxyl groups excluding tert-OH is 1. The normalized spacial score (nSPS) is 17.0. The molecule has 0 saturated heterocycles. The van der Waals surface area contributed by atoms with Gasteiger partial charge < -0.3 is 29.9 Å². The second-order valence-corrected chi connectivity index (χ2v) is 10.6. The first-order chi connectivity index (χ1) is 19.6. The average Bonchev–Trinajstić information content (AvgIpc) is 2.87. The van der Waals surface area contributed by atoms with Gasteiger partial charge in [-0.05, 0) is 51.0 Å². The summed E-state index contributed by atoms with van der Waals surface area (Å²) >= 11 is 0. The lowest BCUT2D eigenvalue weighted by molar-refractivity contribution is -0.175. The average molecular weight is 599 g/mol. The molecule has 232 valence electrons. The van der Waals surface area contributed by atoms with Gasteiger partial charge >= 0.3 is 12.0 Å². The van der Waals surface area contributed by atoms with Gasteiger partial charge in [0, 0.05) is 32.2 Å². The number of rotatable bonds is 14. The van der Waals surface area contributed by atoms with Crippen molar-refractivity contribution < 1.29 is 46.8 Å². The number of hydrogen-bond acceptors (Lipinski definition) is 5. The molecular formula is C30H38F4N2O6. The standard InChI is InChI=1S/C30H38F4N2O6/c1-5-41-23-14-22(15-24(42-6-2)25(23)20(4)37)19(3)36(13-12-29(31,32)16-21-10-8-7-9-11-21)27(40)35-28(26(38)39)17-30(33,34)18-28/h7-11,14-15,19-20,37H,5-6,12-13,16-18H2,1-4H3,(H,35,40)(H,38,39)/t19-,20?/m1/s1. The van der Waals surface area contributed by atoms with Crippen LogP contribution in [0.1, 0.15) is 75.8 Å². The zero-order valence-electron chi connectivity index (χ0n) is 24.1. The molecule has 2 atom stereocenters. The van der Waals surface area contributed by atoms with Crippen LogP contribution in [0.15, 0.2) is 42.5 Å². The fourth-order valence-electron chi connectivity index (χ4n) is 5.14. The Hall–Kier alpha value is -3.54. The number of hydrogen-bond donors (Lipinski definition) is 3. The van der Waals surface area contributed by atoms with E-state index in [-0.39, 0.29) is 24.7 Å². The highest BCUT2D eigenvalue weighted by atomic mass is 19.3. The number of carbonyl (C=O) groups is 2. The minimum Gasteiger partial charge on any atom is -0.493 e. The lowest BCUT2D eigenvalue weighted by Crippen LogP contribution is -2.68. The van der Waals surface area contributed by atoms with Gasteiger partial charge in [-0.15, -0.1) is 0 Å². The highest BCUT2D eigenvalue weighted by Crippen LogP contribution is 2.46. The summed E-state index contributed by atoms with van der Waals surface area (Å²) in [4.78, 5) is 26.4. The van der Waals surface area contributed by atoms with Crippen LogP contribution in [-0.4, -0.2) is 64.3 Å². The van der Waals surface area contributed by atoms with Gasteiger partial charge in [0.2, 0.25) is 0 Å². The molecule has 42 heavy (non-hydrogen) atoms. The first-order valence-corrected chi connectivity index (χ1v) is 13.9. The Morgan fingerprint density at radius 2 is 1.60 bits per heavy atom. The highest BCUT2D eigenvalue weighted by Gasteiger charge is 2.62. The van der Waals surface area contributed by atoms with Crippen molar-refractivity contribution in [2.45, 2.75) is 82.9 Å². The maximum Gasteiger partial charge on any atom is 0.329 e. The van der Waals surface area contributed by atoms with E-state index in [9.17, 15) is 28.6 Å². The van der Waals surface area contributed by atoms with Crippen molar-refractivity contribution in [1.29, 1.82) is 0 Å². The van der Waals surface area contributed by atoms with Crippen LogP contribution in [0, 0.1) is 0 Å². The Balaban J connectivity index is 1.98. The molecule has 0 radical (unpaired) electrons. The van der Waals surface area contributed by atoms with Gasteiger partial charge in [-0.1, -0.05) is 30.3 Å². The number of aliphatic carboxylic acids is 1. The van der Waals surface area contributed by atoms with Gasteiger partial charge in [0.25, 0.3) is 11.8 Å². The van der Waals surface area contributed by atoms with Gasteiger partial charge in [-0.3, -0.25) is 0 Å². The van der Waals surface area contributed by atoms with Gasteiger partial charge in [-0.2, -0.15) is 0 Å². The third-order valence-corrected chi connectivity index (χ3v) is 7.26. The molecule has 2 aromatic rings. The number of carboxylic acids is 1. The summed E-state index contributed by atoms with van der Waals surface area (Å²) in [5.74, 6) is -7.63. The van der Waals surface area contributed by atoms with Gasteiger partial charge in [-0.25, -0.2) is 27.2 Å². The molecule has 0 heterocycles. The predicted molar refractivity (Wildman–Crippen MR) is 147 cm³/mol. The number of nitrogens with zero attached hydrogens (tertiary/aromatic N) is 1. The van der Waals surface area contributed by atoms with Crippen molar-refractivity contribution in [1.82, 2.24) is 10.2 Å². The molecule has 0 bridgehead atoms. The van der Waals surface area contributed by atoms with Crippen molar-refractivity contribution in [3.63, 3.8) is 0 Å². The van der Waals surface area contributed by atoms with Crippen molar-refractivity contribution >= 4 is 12.0 Å². The highest BCUT2D eigenvalue weighted by molar-refractivity contribution is 5.88. The van der Waals surface area contributed by atoms with Gasteiger partial charge in [0.05, 0.1) is 30.9 Å². The van der Waals surface area contributed by atoms with E-state index in [2.05, 4.69) is 5.32 Å². The number of amides is 2. The zero-order valence-corrected chi connectivity index (χ0v) is 24.1. The Kier molecular flexibility index (Phi) is 10.3. The fourth-order valence-corrected chi connectivity index (χ4v) is 5.14. The van der Waals surface area contributed by atoms with Crippen LogP contribution in [0.3, 0.4) is 0 Å². The smallest absolute Gasteiger partial charge is 0.329 e. The lowest BCUT2D eigenvalue weighted by atomic mass is 9.73. The number of carboxylic acid groups (broad SMARTS) is 1. The van der Waals surface area contributed by atoms with Crippen molar-refractivity contribution in [3.05, 3.63) is 59.2 Å². The van der Waals surface area contributed by atoms with E-state index in [0.29, 0.717) is 16.7 Å². The predicted octanol–water partition coefficient (Wildman–Crippen LogP) is 6.13. The molecule has 3 N–H and O–H groups in total. The molecule has 0 spiro atoms. The summed E-state index contributed by atoms with van der Waals surface area (Å²) in [5, 5.41) is 22.2. The van der Waals surface area contributed by atoms with E-state index in [1.807, 2.05) is 0 Å². The number of urea groups is 1. The molecule has 1 unspecified atom stereocenters. The van der Waals surface area contributed by atoms with Crippen LogP contribution in [-0.2, 0) is 11.2 Å². The molecule has 1 fully saturated rings. The zero-order chi connectivity index (χ0) is 31.3. The van der Waals surface area contributed by atoms with Crippen molar-refractivity contribution in [3.8, 4) is 11.5 Å². The Morgan fingerprint density at radius 3 is 2.05 bits per heavy atom. The minimum absolute atomic E-state index is 0.231. The maximum absolute atomic E-state index is 15.1. The SMILES string of the molecule is CCOc1cc([C@@H](C)N(CCC(F)(F)Cc2ccccc2)C(=O)NC2(C(=O)O)CC(F)(F)C2)cc(OCC)c1C(C)O. The number of halogens is 4. The summed E-state index contributed by atoms with van der Waals surface area (Å²) in [6.07, 6.45) is -4.57. The summed E-state index contributed by atoms with van der Waals surface area (Å²) in [5.41, 5.74) is -1.09. The third kappa shape index (κ3) is 7.84. The molecule has 0 aliphatic heterocycles. The Bertz CT molecular complexity index is 1210. The molecular weight excluding hydrogens is 560 g/mol. The molecule has 1 aliphatic carbocycles. The number of benzene rings is 2. The molecule has 2 amide bonds. The number of ether oxygens (including phenoxy) is 2. The van der Waals surface area contributed by atoms with Crippen molar-refractivity contribution in [2.75, 3.05) is 19.8 Å². The van der Waals surface area contributed by atoms with E-state index in [4.69, 9.17) is 9.47 Å². The van der Waals surface area contributed by atoms with Gasteiger partial charge in [0.1, 0.15) is 11.5 Å². The monoisotopic (exact) mass is 598 g/mol. The quantitative estimate of drug-likeness (QED) is 0.226. The second-order valence-electron chi connectivity index (χ2n) is 10.6. The molecule has 12 heteroatoms. The summed E-state index contributed by atoms with van der Waals surface area (Å²) in [6, 6.07) is 9.15. The Morgan fingerprint density at radius 1 is 1.05 bits per heavy atom. The van der Waals surface area contributed by atoms with E-state index < -0.39 is 73.8 Å². The van der Waals surface area contributed by atoms with Crippen molar-refractivity contribution in [2.24, 2.45) is 0 Å². The van der Waals surface area contributed by atoms with E-state index >= 15 is 8.78 Å². The summed E-state index contributed by atoms with van der Waals surface area (Å²) in [7, 11) is 0. The number of carbonyl (C=O) groups excluding carboxylic acids is 1. The van der Waals surface area contributed by atoms with Crippen LogP contribution in [0.4, 0.5) is 22.4 Å². The number of alkyl halides is 4. The van der Waals surface area contributed by atoms with E-state index in [0.717, 1.165) is 4.90 Å².